The zero-order valence-electron chi connectivity index (χ0n) is 15.1. The van der Waals surface area contributed by atoms with Crippen LogP contribution < -0.4 is 15.4 Å². The van der Waals surface area contributed by atoms with E-state index in [1.165, 1.54) is 0 Å². The fourth-order valence-electron chi connectivity index (χ4n) is 2.95. The summed E-state index contributed by atoms with van der Waals surface area (Å²) in [5, 5.41) is 10.1. The Kier molecular flexibility index (Phi) is 4.50. The second-order valence-corrected chi connectivity index (χ2v) is 6.41. The smallest absolute Gasteiger partial charge is 0.265 e. The first-order valence-electron chi connectivity index (χ1n) is 8.91. The minimum atomic E-state index is -0.457. The first kappa shape index (κ1) is 17.1. The average molecular weight is 364 g/mol. The van der Waals surface area contributed by atoms with E-state index in [4.69, 9.17) is 9.26 Å². The number of aromatic nitrogens is 2. The molecule has 7 nitrogen and oxygen atoms in total. The van der Waals surface area contributed by atoms with Gasteiger partial charge in [0.05, 0.1) is 11.7 Å². The molecule has 0 saturated carbocycles. The summed E-state index contributed by atoms with van der Waals surface area (Å²) in [5.74, 6) is 1.45. The third kappa shape index (κ3) is 3.48. The standard InChI is InChI=1S/C20H20N4O3/c1-3-16-18(25)22-15-10-9-14(11-17(15)26-16)12(2)21-20-23-19(27-24-20)13-7-5-4-6-8-13/h4-12,16H,3H2,1-2H3,(H,21,24)(H,22,25). The van der Waals surface area contributed by atoms with E-state index in [1.807, 2.05) is 62.4 Å². The predicted octanol–water partition coefficient (Wildman–Crippen LogP) is 4.02. The number of anilines is 2. The summed E-state index contributed by atoms with van der Waals surface area (Å²) < 4.78 is 11.1. The van der Waals surface area contributed by atoms with E-state index < -0.39 is 6.10 Å². The van der Waals surface area contributed by atoms with Crippen molar-refractivity contribution < 1.29 is 14.1 Å². The van der Waals surface area contributed by atoms with Crippen LogP contribution in [0.5, 0.6) is 5.75 Å². The van der Waals surface area contributed by atoms with Crippen molar-refractivity contribution >= 4 is 17.5 Å². The highest BCUT2D eigenvalue weighted by atomic mass is 16.5. The first-order chi connectivity index (χ1) is 13.1. The number of carbonyl (C=O) groups excluding carboxylic acids is 1. The van der Waals surface area contributed by atoms with Crippen molar-refractivity contribution in [2.75, 3.05) is 10.6 Å². The molecule has 138 valence electrons. The maximum atomic E-state index is 11.9. The Bertz CT molecular complexity index is 955. The maximum Gasteiger partial charge on any atom is 0.265 e. The summed E-state index contributed by atoms with van der Waals surface area (Å²) >= 11 is 0. The molecule has 1 aliphatic heterocycles. The number of rotatable bonds is 5. The lowest BCUT2D eigenvalue weighted by Crippen LogP contribution is -2.36. The molecule has 2 unspecified atom stereocenters. The van der Waals surface area contributed by atoms with E-state index in [0.29, 0.717) is 29.7 Å². The zero-order chi connectivity index (χ0) is 18.8. The van der Waals surface area contributed by atoms with Gasteiger partial charge < -0.3 is 19.9 Å². The molecule has 1 aromatic heterocycles. The summed E-state index contributed by atoms with van der Waals surface area (Å²) in [4.78, 5) is 16.3. The molecule has 2 aromatic carbocycles. The molecule has 0 spiro atoms. The molecule has 1 aliphatic rings. The Hall–Kier alpha value is -3.35. The van der Waals surface area contributed by atoms with Gasteiger partial charge in [0.25, 0.3) is 17.7 Å². The fourth-order valence-corrected chi connectivity index (χ4v) is 2.95. The van der Waals surface area contributed by atoms with Crippen LogP contribution in [0.25, 0.3) is 11.5 Å². The lowest BCUT2D eigenvalue weighted by molar-refractivity contribution is -0.123. The molecule has 2 atom stereocenters. The van der Waals surface area contributed by atoms with Gasteiger partial charge in [0, 0.05) is 5.56 Å². The highest BCUT2D eigenvalue weighted by Gasteiger charge is 2.26. The van der Waals surface area contributed by atoms with Crippen molar-refractivity contribution in [2.24, 2.45) is 0 Å². The molecule has 0 radical (unpaired) electrons. The van der Waals surface area contributed by atoms with Gasteiger partial charge in [-0.1, -0.05) is 31.2 Å². The number of nitrogens with zero attached hydrogens (tertiary/aromatic N) is 2. The van der Waals surface area contributed by atoms with E-state index in [9.17, 15) is 4.79 Å². The van der Waals surface area contributed by atoms with Crippen molar-refractivity contribution in [3.8, 4) is 17.2 Å². The van der Waals surface area contributed by atoms with Gasteiger partial charge in [-0.15, -0.1) is 0 Å². The highest BCUT2D eigenvalue weighted by Crippen LogP contribution is 2.33. The van der Waals surface area contributed by atoms with Crippen LogP contribution in [-0.4, -0.2) is 22.2 Å². The molecule has 27 heavy (non-hydrogen) atoms. The second kappa shape index (κ2) is 7.11. The van der Waals surface area contributed by atoms with E-state index in [-0.39, 0.29) is 11.9 Å². The van der Waals surface area contributed by atoms with Gasteiger partial charge >= 0.3 is 0 Å². The number of hydrogen-bond acceptors (Lipinski definition) is 6. The monoisotopic (exact) mass is 364 g/mol. The molecule has 2 heterocycles. The molecule has 1 amide bonds. The quantitative estimate of drug-likeness (QED) is 0.711. The van der Waals surface area contributed by atoms with Crippen LogP contribution in [0.15, 0.2) is 53.1 Å². The Morgan fingerprint density at radius 2 is 2.04 bits per heavy atom. The molecule has 0 saturated heterocycles. The topological polar surface area (TPSA) is 89.3 Å². The van der Waals surface area contributed by atoms with Crippen molar-refractivity contribution in [1.29, 1.82) is 0 Å². The first-order valence-corrected chi connectivity index (χ1v) is 8.91. The summed E-state index contributed by atoms with van der Waals surface area (Å²) in [6.07, 6.45) is 0.163. The molecule has 7 heteroatoms. The molecule has 2 N–H and O–H groups in total. The van der Waals surface area contributed by atoms with Crippen LogP contribution >= 0.6 is 0 Å². The van der Waals surface area contributed by atoms with E-state index in [2.05, 4.69) is 20.8 Å². The Labute approximate surface area is 156 Å². The summed E-state index contributed by atoms with van der Waals surface area (Å²) in [7, 11) is 0. The predicted molar refractivity (Wildman–Crippen MR) is 102 cm³/mol. The lowest BCUT2D eigenvalue weighted by Gasteiger charge is -2.26. The van der Waals surface area contributed by atoms with E-state index in [0.717, 1.165) is 11.1 Å². The van der Waals surface area contributed by atoms with Gasteiger partial charge in [-0.05, 0) is 48.3 Å². The number of carbonyl (C=O) groups is 1. The normalized spacial score (nSPS) is 16.8. The second-order valence-electron chi connectivity index (χ2n) is 6.41. The zero-order valence-corrected chi connectivity index (χ0v) is 15.1. The highest BCUT2D eigenvalue weighted by molar-refractivity contribution is 5.97. The Balaban J connectivity index is 1.50. The van der Waals surface area contributed by atoms with Crippen LogP contribution in [0.4, 0.5) is 11.6 Å². The van der Waals surface area contributed by atoms with E-state index in [1.54, 1.807) is 0 Å². The van der Waals surface area contributed by atoms with Crippen molar-refractivity contribution in [2.45, 2.75) is 32.4 Å². The van der Waals surface area contributed by atoms with Crippen LogP contribution in [0, 0.1) is 0 Å². The van der Waals surface area contributed by atoms with Crippen molar-refractivity contribution in [3.05, 3.63) is 54.1 Å². The third-order valence-corrected chi connectivity index (χ3v) is 4.49. The van der Waals surface area contributed by atoms with Crippen LogP contribution in [0.3, 0.4) is 0 Å². The summed E-state index contributed by atoms with van der Waals surface area (Å²) in [6.45, 7) is 3.92. The number of hydrogen-bond donors (Lipinski definition) is 2. The van der Waals surface area contributed by atoms with Gasteiger partial charge in [-0.3, -0.25) is 4.79 Å². The van der Waals surface area contributed by atoms with Crippen molar-refractivity contribution in [3.63, 3.8) is 0 Å². The minimum absolute atomic E-state index is 0.0715. The van der Waals surface area contributed by atoms with Crippen LogP contribution in [0.2, 0.25) is 0 Å². The van der Waals surface area contributed by atoms with Crippen LogP contribution in [0.1, 0.15) is 31.9 Å². The number of fused-ring (bicyclic) bond motifs is 1. The third-order valence-electron chi connectivity index (χ3n) is 4.49. The Morgan fingerprint density at radius 3 is 2.81 bits per heavy atom. The number of ether oxygens (including phenoxy) is 1. The maximum absolute atomic E-state index is 11.9. The van der Waals surface area contributed by atoms with Gasteiger partial charge in [0.2, 0.25) is 0 Å². The largest absolute Gasteiger partial charge is 0.478 e. The molecule has 0 fully saturated rings. The average Bonchev–Trinajstić information content (AvgIpc) is 3.16. The van der Waals surface area contributed by atoms with Gasteiger partial charge in [-0.2, -0.15) is 4.98 Å². The minimum Gasteiger partial charge on any atom is -0.478 e. The molecule has 0 bridgehead atoms. The van der Waals surface area contributed by atoms with Gasteiger partial charge in [0.1, 0.15) is 5.75 Å². The van der Waals surface area contributed by atoms with E-state index >= 15 is 0 Å². The molecular formula is C20H20N4O3. The van der Waals surface area contributed by atoms with Gasteiger partial charge in [-0.25, -0.2) is 0 Å². The summed E-state index contributed by atoms with van der Waals surface area (Å²) in [5.41, 5.74) is 2.55. The molecule has 4 rings (SSSR count). The number of nitrogens with one attached hydrogen (secondary N) is 2. The van der Waals surface area contributed by atoms with Crippen molar-refractivity contribution in [1.82, 2.24) is 10.1 Å². The molecular weight excluding hydrogens is 344 g/mol. The SMILES string of the molecule is CCC1Oc2cc(C(C)Nc3noc(-c4ccccc4)n3)ccc2NC1=O. The van der Waals surface area contributed by atoms with Crippen LogP contribution in [-0.2, 0) is 4.79 Å². The fraction of sp³-hybridized carbons (Fsp3) is 0.250. The lowest BCUT2D eigenvalue weighted by atomic mass is 10.1. The number of benzene rings is 2. The Morgan fingerprint density at radius 1 is 1.22 bits per heavy atom. The number of amides is 1. The summed E-state index contributed by atoms with van der Waals surface area (Å²) in [6, 6.07) is 15.2. The molecule has 3 aromatic rings. The van der Waals surface area contributed by atoms with Gasteiger partial charge in [0.15, 0.2) is 6.10 Å². The molecule has 0 aliphatic carbocycles.